The fourth-order valence-corrected chi connectivity index (χ4v) is 4.59. The number of nitrogens with zero attached hydrogens (tertiary/aromatic N) is 1. The molecule has 2 aromatic rings. The molecule has 1 saturated heterocycles. The minimum Gasteiger partial charge on any atom is -0.374 e. The minimum atomic E-state index is -5.18. The highest BCUT2D eigenvalue weighted by Crippen LogP contribution is 2.51. The number of alkyl halides is 6. The first-order chi connectivity index (χ1) is 15.1. The van der Waals surface area contributed by atoms with Gasteiger partial charge in [-0.05, 0) is 29.3 Å². The lowest BCUT2D eigenvalue weighted by molar-refractivity contribution is -0.143. The summed E-state index contributed by atoms with van der Waals surface area (Å²) in [6.45, 7) is -1.69. The van der Waals surface area contributed by atoms with Gasteiger partial charge in [-0.15, -0.1) is 0 Å². The van der Waals surface area contributed by atoms with Crippen molar-refractivity contribution in [3.63, 3.8) is 0 Å². The second kappa shape index (κ2) is 8.64. The van der Waals surface area contributed by atoms with Crippen molar-refractivity contribution >= 4 is 13.8 Å². The summed E-state index contributed by atoms with van der Waals surface area (Å²) in [6, 6.07) is 7.42. The molecular weight excluding hydrogens is 481 g/mol. The van der Waals surface area contributed by atoms with Crippen LogP contribution in [0.25, 0.3) is 0 Å². The standard InChI is InChI=1S/C19H17F6N2O5P/c20-18(21,22)14-6-12(7-15(8-14)19(23,24)25)9-32-11-17(13-4-2-1-3-5-13)10-26-16(28)27(17)33(29,30)31/h1-8H,9-11H2,(H,26,28)(H2,29,30,31)/t17-/m1/s1. The zero-order chi connectivity index (χ0) is 24.7. The molecule has 1 aliphatic rings. The Morgan fingerprint density at radius 2 is 1.55 bits per heavy atom. The second-order valence-electron chi connectivity index (χ2n) is 7.29. The average molecular weight is 498 g/mol. The van der Waals surface area contributed by atoms with Crippen molar-refractivity contribution in [1.29, 1.82) is 0 Å². The molecule has 0 aliphatic carbocycles. The van der Waals surface area contributed by atoms with Gasteiger partial charge in [-0.1, -0.05) is 30.3 Å². The molecule has 0 aromatic heterocycles. The van der Waals surface area contributed by atoms with E-state index in [1.165, 1.54) is 24.3 Å². The molecule has 1 aliphatic heterocycles. The van der Waals surface area contributed by atoms with Crippen LogP contribution in [0, 0.1) is 0 Å². The first-order valence-corrected chi connectivity index (χ1v) is 10.8. The van der Waals surface area contributed by atoms with E-state index in [-0.39, 0.29) is 22.8 Å². The molecule has 7 nitrogen and oxygen atoms in total. The van der Waals surface area contributed by atoms with Gasteiger partial charge < -0.3 is 19.8 Å². The number of ether oxygens (including phenoxy) is 1. The highest BCUT2D eigenvalue weighted by molar-refractivity contribution is 7.50. The van der Waals surface area contributed by atoms with Gasteiger partial charge in [0.1, 0.15) is 5.54 Å². The van der Waals surface area contributed by atoms with Gasteiger partial charge in [-0.25, -0.2) is 14.0 Å². The monoisotopic (exact) mass is 498 g/mol. The molecule has 2 aromatic carbocycles. The normalized spacial score (nSPS) is 19.6. The highest BCUT2D eigenvalue weighted by Gasteiger charge is 2.54. The molecule has 14 heteroatoms. The molecule has 1 atom stereocenters. The van der Waals surface area contributed by atoms with Crippen LogP contribution in [0.3, 0.4) is 0 Å². The Kier molecular flexibility index (Phi) is 6.55. The molecule has 33 heavy (non-hydrogen) atoms. The summed E-state index contributed by atoms with van der Waals surface area (Å²) >= 11 is 0. The number of nitrogens with one attached hydrogen (secondary N) is 1. The van der Waals surface area contributed by atoms with Crippen molar-refractivity contribution in [3.8, 4) is 0 Å². The summed E-state index contributed by atoms with van der Waals surface area (Å²) in [5.74, 6) is 0. The molecule has 1 heterocycles. The number of amides is 2. The number of hydrogen-bond acceptors (Lipinski definition) is 3. The summed E-state index contributed by atoms with van der Waals surface area (Å²) in [4.78, 5) is 31.6. The van der Waals surface area contributed by atoms with E-state index in [2.05, 4.69) is 5.32 Å². The van der Waals surface area contributed by atoms with Crippen molar-refractivity contribution in [3.05, 3.63) is 70.8 Å². The molecule has 0 spiro atoms. The van der Waals surface area contributed by atoms with Crippen LogP contribution < -0.4 is 5.32 Å². The van der Waals surface area contributed by atoms with Gasteiger partial charge in [-0.2, -0.15) is 26.3 Å². The molecule has 0 saturated carbocycles. The fraction of sp³-hybridized carbons (Fsp3) is 0.316. The van der Waals surface area contributed by atoms with Crippen molar-refractivity contribution < 1.29 is 50.2 Å². The van der Waals surface area contributed by atoms with Crippen LogP contribution >= 0.6 is 7.75 Å². The van der Waals surface area contributed by atoms with E-state index in [0.29, 0.717) is 12.1 Å². The molecule has 0 unspecified atom stereocenters. The Labute approximate surface area is 183 Å². The molecule has 3 rings (SSSR count). The number of benzene rings is 2. The van der Waals surface area contributed by atoms with Crippen LogP contribution in [0.5, 0.6) is 0 Å². The van der Waals surface area contributed by atoms with E-state index in [1.807, 2.05) is 0 Å². The predicted octanol–water partition coefficient (Wildman–Crippen LogP) is 4.25. The number of urea groups is 1. The molecule has 180 valence electrons. The number of rotatable bonds is 6. The van der Waals surface area contributed by atoms with Crippen LogP contribution in [0.15, 0.2) is 48.5 Å². The number of halogens is 6. The summed E-state index contributed by atoms with van der Waals surface area (Å²) in [5, 5.41) is 2.29. The third-order valence-corrected chi connectivity index (χ3v) is 6.04. The molecule has 2 amide bonds. The Hall–Kier alpha value is -2.60. The molecule has 0 radical (unpaired) electrons. The Morgan fingerprint density at radius 1 is 1.00 bits per heavy atom. The first-order valence-electron chi connectivity index (χ1n) is 9.20. The van der Waals surface area contributed by atoms with Crippen LogP contribution in [0.1, 0.15) is 22.3 Å². The van der Waals surface area contributed by atoms with Crippen molar-refractivity contribution in [2.45, 2.75) is 24.5 Å². The van der Waals surface area contributed by atoms with E-state index < -0.39 is 61.6 Å². The maximum Gasteiger partial charge on any atom is 0.434 e. The third kappa shape index (κ3) is 5.32. The second-order valence-corrected chi connectivity index (χ2v) is 8.71. The van der Waals surface area contributed by atoms with E-state index in [9.17, 15) is 45.5 Å². The van der Waals surface area contributed by atoms with Gasteiger partial charge in [0, 0.05) is 6.54 Å². The van der Waals surface area contributed by atoms with Crippen molar-refractivity contribution in [2.75, 3.05) is 13.2 Å². The fourth-order valence-electron chi connectivity index (χ4n) is 3.54. The Morgan fingerprint density at radius 3 is 2.03 bits per heavy atom. The number of hydrogen-bond donors (Lipinski definition) is 3. The molecule has 1 fully saturated rings. The minimum absolute atomic E-state index is 0.0238. The first kappa shape index (κ1) is 25.0. The van der Waals surface area contributed by atoms with Crippen LogP contribution in [-0.2, 0) is 33.8 Å². The van der Waals surface area contributed by atoms with Crippen molar-refractivity contribution in [2.24, 2.45) is 0 Å². The summed E-state index contributed by atoms with van der Waals surface area (Å²) in [5.41, 5.74) is -5.02. The zero-order valence-electron chi connectivity index (χ0n) is 16.5. The average Bonchev–Trinajstić information content (AvgIpc) is 3.05. The van der Waals surface area contributed by atoms with Gasteiger partial charge in [0.2, 0.25) is 0 Å². The topological polar surface area (TPSA) is 99.1 Å². The summed E-state index contributed by atoms with van der Waals surface area (Å²) in [6.07, 6.45) is -10.1. The molecule has 0 bridgehead atoms. The maximum absolute atomic E-state index is 13.1. The highest BCUT2D eigenvalue weighted by atomic mass is 31.2. The lowest BCUT2D eigenvalue weighted by atomic mass is 9.91. The summed E-state index contributed by atoms with van der Waals surface area (Å²) < 4.78 is 96.0. The number of carbonyl (C=O) groups excluding carboxylic acids is 1. The lowest BCUT2D eigenvalue weighted by Gasteiger charge is -2.37. The van der Waals surface area contributed by atoms with E-state index >= 15 is 0 Å². The van der Waals surface area contributed by atoms with Gasteiger partial charge in [-0.3, -0.25) is 0 Å². The van der Waals surface area contributed by atoms with E-state index in [1.54, 1.807) is 6.07 Å². The smallest absolute Gasteiger partial charge is 0.374 e. The Bertz CT molecular complexity index is 1040. The van der Waals surface area contributed by atoms with Crippen LogP contribution in [0.2, 0.25) is 0 Å². The van der Waals surface area contributed by atoms with Gasteiger partial charge in [0.05, 0.1) is 24.3 Å². The zero-order valence-corrected chi connectivity index (χ0v) is 17.4. The summed E-state index contributed by atoms with van der Waals surface area (Å²) in [7, 11) is -5.18. The number of carbonyl (C=O) groups is 1. The third-order valence-electron chi connectivity index (χ3n) is 4.96. The Balaban J connectivity index is 1.94. The largest absolute Gasteiger partial charge is 0.434 e. The van der Waals surface area contributed by atoms with Gasteiger partial charge in [0.25, 0.3) is 0 Å². The maximum atomic E-state index is 13.1. The van der Waals surface area contributed by atoms with E-state index in [4.69, 9.17) is 4.74 Å². The predicted molar refractivity (Wildman–Crippen MR) is 102 cm³/mol. The SMILES string of the molecule is O=C1NC[C@@](COCc2cc(C(F)(F)F)cc(C(F)(F)F)c2)(c2ccccc2)N1P(=O)(O)O. The van der Waals surface area contributed by atoms with Gasteiger partial charge >= 0.3 is 26.1 Å². The van der Waals surface area contributed by atoms with E-state index in [0.717, 1.165) is 0 Å². The van der Waals surface area contributed by atoms with Gasteiger partial charge in [0.15, 0.2) is 0 Å². The van der Waals surface area contributed by atoms with Crippen LogP contribution in [-0.4, -0.2) is 33.6 Å². The molecule has 3 N–H and O–H groups in total. The van der Waals surface area contributed by atoms with Crippen LogP contribution in [0.4, 0.5) is 31.1 Å². The van der Waals surface area contributed by atoms with Crippen molar-refractivity contribution in [1.82, 2.24) is 9.99 Å². The lowest BCUT2D eigenvalue weighted by Crippen LogP contribution is -2.46. The quantitative estimate of drug-likeness (QED) is 0.409. The molecular formula is C19H17F6N2O5P.